The van der Waals surface area contributed by atoms with Crippen LogP contribution in [0, 0.1) is 5.92 Å². The summed E-state index contributed by atoms with van der Waals surface area (Å²) in [7, 11) is 2.10. The maximum absolute atomic E-state index is 13.2. The number of anilines is 3. The third-order valence-corrected chi connectivity index (χ3v) is 8.93. The number of nitrogens with zero attached hydrogens (tertiary/aromatic N) is 4. The molecule has 6 rings (SSSR count). The average molecular weight is 569 g/mol. The summed E-state index contributed by atoms with van der Waals surface area (Å²) in [5.41, 5.74) is 8.62. The second-order valence-corrected chi connectivity index (χ2v) is 12.1. The van der Waals surface area contributed by atoms with Crippen LogP contribution in [0.25, 0.3) is 0 Å². The van der Waals surface area contributed by atoms with Crippen LogP contribution in [0.15, 0.2) is 54.7 Å². The van der Waals surface area contributed by atoms with Crippen molar-refractivity contribution in [2.45, 2.75) is 63.5 Å². The lowest BCUT2D eigenvalue weighted by Gasteiger charge is -2.40. The van der Waals surface area contributed by atoms with Crippen molar-refractivity contribution >= 4 is 29.0 Å². The van der Waals surface area contributed by atoms with Crippen molar-refractivity contribution in [1.82, 2.24) is 14.9 Å². The molecule has 2 aliphatic heterocycles. The molecule has 3 aliphatic rings. The van der Waals surface area contributed by atoms with Crippen molar-refractivity contribution in [3.63, 3.8) is 0 Å². The number of benzene rings is 2. The lowest BCUT2D eigenvalue weighted by molar-refractivity contribution is 0.0944. The molecule has 3 N–H and O–H groups in total. The number of primary amides is 1. The number of carbonyl (C=O) groups excluding carboxylic acids is 2. The van der Waals surface area contributed by atoms with Crippen LogP contribution in [-0.2, 0) is 0 Å². The summed E-state index contributed by atoms with van der Waals surface area (Å²) in [5.74, 6) is 2.18. The van der Waals surface area contributed by atoms with Crippen LogP contribution in [0.2, 0.25) is 0 Å². The molecule has 0 bridgehead atoms. The molecule has 1 amide bonds. The molecule has 2 saturated heterocycles. The Kier molecular flexibility index (Phi) is 8.11. The number of nitrogens with one attached hydrogen (secondary N) is 1. The Bertz CT molecular complexity index is 1420. The maximum atomic E-state index is 13.2. The number of piperidine rings is 1. The molecule has 1 aromatic heterocycles. The number of carbonyl (C=O) groups is 2. The van der Waals surface area contributed by atoms with Crippen molar-refractivity contribution < 1.29 is 14.3 Å². The quantitative estimate of drug-likeness (QED) is 0.323. The largest absolute Gasteiger partial charge is 0.489 e. The summed E-state index contributed by atoms with van der Waals surface area (Å²) in [6, 6.07) is 15.9. The zero-order valence-electron chi connectivity index (χ0n) is 24.5. The van der Waals surface area contributed by atoms with E-state index in [2.05, 4.69) is 46.2 Å². The van der Waals surface area contributed by atoms with Crippen LogP contribution in [0.4, 0.5) is 17.3 Å². The van der Waals surface area contributed by atoms with Gasteiger partial charge < -0.3 is 25.6 Å². The highest BCUT2D eigenvalue weighted by atomic mass is 16.5. The first-order valence-electron chi connectivity index (χ1n) is 15.1. The molecule has 3 atom stereocenters. The van der Waals surface area contributed by atoms with Gasteiger partial charge in [-0.25, -0.2) is 9.97 Å². The molecule has 3 fully saturated rings. The first-order chi connectivity index (χ1) is 20.3. The van der Waals surface area contributed by atoms with Gasteiger partial charge in [0.15, 0.2) is 17.3 Å². The van der Waals surface area contributed by atoms with Crippen molar-refractivity contribution in [3.05, 3.63) is 71.5 Å². The highest BCUT2D eigenvalue weighted by Gasteiger charge is 2.32. The highest BCUT2D eigenvalue weighted by Crippen LogP contribution is 2.40. The molecule has 3 aromatic rings. The molecule has 3 heterocycles. The first kappa shape index (κ1) is 28.2. The average Bonchev–Trinajstić information content (AvgIpc) is 3.76. The van der Waals surface area contributed by atoms with Crippen LogP contribution in [0.3, 0.4) is 0 Å². The number of aromatic nitrogens is 2. The summed E-state index contributed by atoms with van der Waals surface area (Å²) < 4.78 is 6.10. The van der Waals surface area contributed by atoms with E-state index in [4.69, 9.17) is 15.5 Å². The molecule has 42 heavy (non-hydrogen) atoms. The number of likely N-dealkylation sites (tertiary alicyclic amines) is 1. The second kappa shape index (κ2) is 12.1. The third kappa shape index (κ3) is 6.41. The molecule has 2 aromatic carbocycles. The lowest BCUT2D eigenvalue weighted by atomic mass is 9.85. The molecule has 1 unspecified atom stereocenters. The molecular formula is C33H40N6O3. The second-order valence-electron chi connectivity index (χ2n) is 12.1. The highest BCUT2D eigenvalue weighted by molar-refractivity contribution is 5.97. The van der Waals surface area contributed by atoms with E-state index in [-0.39, 0.29) is 29.5 Å². The van der Waals surface area contributed by atoms with E-state index in [1.54, 1.807) is 6.20 Å². The van der Waals surface area contributed by atoms with E-state index in [0.717, 1.165) is 55.9 Å². The van der Waals surface area contributed by atoms with Crippen LogP contribution in [0.5, 0.6) is 5.75 Å². The van der Waals surface area contributed by atoms with E-state index < -0.39 is 5.91 Å². The van der Waals surface area contributed by atoms with Crippen molar-refractivity contribution in [2.24, 2.45) is 11.7 Å². The predicted molar refractivity (Wildman–Crippen MR) is 164 cm³/mol. The normalized spacial score (nSPS) is 22.6. The number of Topliss-reactive ketones (excluding diaryl/α,β-unsaturated/α-hetero) is 1. The molecule has 1 saturated carbocycles. The fourth-order valence-corrected chi connectivity index (χ4v) is 6.26. The Balaban J connectivity index is 1.14. The number of ether oxygens (including phenoxy) is 1. The smallest absolute Gasteiger partial charge is 0.271 e. The molecule has 0 spiro atoms. The number of amides is 1. The predicted octanol–water partition coefficient (Wildman–Crippen LogP) is 5.16. The van der Waals surface area contributed by atoms with Gasteiger partial charge in [0, 0.05) is 43.3 Å². The molecule has 1 aliphatic carbocycles. The van der Waals surface area contributed by atoms with E-state index in [1.165, 1.54) is 18.4 Å². The number of hydrogen-bond donors (Lipinski definition) is 2. The summed E-state index contributed by atoms with van der Waals surface area (Å²) in [6.07, 6.45) is 7.74. The van der Waals surface area contributed by atoms with Gasteiger partial charge in [-0.05, 0) is 87.7 Å². The van der Waals surface area contributed by atoms with E-state index in [0.29, 0.717) is 24.0 Å². The Labute approximate surface area is 247 Å². The third-order valence-electron chi connectivity index (χ3n) is 8.93. The Morgan fingerprint density at radius 3 is 2.45 bits per heavy atom. The van der Waals surface area contributed by atoms with Gasteiger partial charge in [0.2, 0.25) is 0 Å². The van der Waals surface area contributed by atoms with E-state index in [1.807, 2.05) is 36.4 Å². The van der Waals surface area contributed by atoms with E-state index in [9.17, 15) is 9.59 Å². The molecule has 0 radical (unpaired) electrons. The molecular weight excluding hydrogens is 528 g/mol. The van der Waals surface area contributed by atoms with Gasteiger partial charge in [-0.3, -0.25) is 9.59 Å². The van der Waals surface area contributed by atoms with Gasteiger partial charge >= 0.3 is 0 Å². The van der Waals surface area contributed by atoms with Gasteiger partial charge in [-0.15, -0.1) is 0 Å². The molecule has 220 valence electrons. The van der Waals surface area contributed by atoms with E-state index >= 15 is 0 Å². The van der Waals surface area contributed by atoms with Gasteiger partial charge in [0.05, 0.1) is 6.20 Å². The standard InChI is InChI=1S/C33H40N6O3/c1-21-25(18-29(40)24-9-7-23(8-10-24)22-5-6-22)4-3-16-39(21)30-19-35-31(32(34)41)33(37-30)36-26-11-13-27(14-12-26)42-28-15-17-38(2)20-28/h7-14,19,21-22,25,28H,3-6,15-18,20H2,1-2H3,(H2,34,41)(H,36,37)/t21-,25+,28?/m1/s1. The fourth-order valence-electron chi connectivity index (χ4n) is 6.26. The zero-order chi connectivity index (χ0) is 29.2. The Morgan fingerprint density at radius 2 is 1.79 bits per heavy atom. The Hall–Kier alpha value is -3.98. The number of ketones is 1. The van der Waals surface area contributed by atoms with Gasteiger partial charge in [0.25, 0.3) is 5.91 Å². The minimum atomic E-state index is -0.648. The van der Waals surface area contributed by atoms with Crippen molar-refractivity contribution in [1.29, 1.82) is 0 Å². The molecule has 9 heteroatoms. The fraction of sp³-hybridized carbons (Fsp3) is 0.455. The number of hydrogen-bond acceptors (Lipinski definition) is 8. The lowest BCUT2D eigenvalue weighted by Crippen LogP contribution is -2.44. The summed E-state index contributed by atoms with van der Waals surface area (Å²) in [6.45, 7) is 4.90. The van der Waals surface area contributed by atoms with Crippen LogP contribution < -0.4 is 20.7 Å². The topological polar surface area (TPSA) is 114 Å². The number of rotatable bonds is 10. The molecule has 9 nitrogen and oxygen atoms in total. The van der Waals surface area contributed by atoms with Crippen molar-refractivity contribution in [3.8, 4) is 5.75 Å². The van der Waals surface area contributed by atoms with Crippen LogP contribution in [-0.4, -0.2) is 65.4 Å². The number of nitrogens with two attached hydrogens (primary N) is 1. The summed E-state index contributed by atoms with van der Waals surface area (Å²) in [4.78, 5) is 39.1. The monoisotopic (exact) mass is 568 g/mol. The van der Waals surface area contributed by atoms with Gasteiger partial charge in [0.1, 0.15) is 17.7 Å². The minimum absolute atomic E-state index is 0.0825. The SMILES string of the molecule is C[C@@H]1[C@H](CC(=O)c2ccc(C3CC3)cc2)CCCN1c1cnc(C(N)=O)c(Nc2ccc(OC3CCN(C)C3)cc2)n1. The van der Waals surface area contributed by atoms with Gasteiger partial charge in [-0.2, -0.15) is 0 Å². The van der Waals surface area contributed by atoms with Crippen LogP contribution in [0.1, 0.15) is 77.8 Å². The van der Waals surface area contributed by atoms with Crippen molar-refractivity contribution in [2.75, 3.05) is 36.9 Å². The zero-order valence-corrected chi connectivity index (χ0v) is 24.5. The number of likely N-dealkylation sites (N-methyl/N-ethyl adjacent to an activating group) is 1. The Morgan fingerprint density at radius 1 is 1.02 bits per heavy atom. The van der Waals surface area contributed by atoms with Crippen LogP contribution >= 0.6 is 0 Å². The maximum Gasteiger partial charge on any atom is 0.271 e. The first-order valence-corrected chi connectivity index (χ1v) is 15.1. The summed E-state index contributed by atoms with van der Waals surface area (Å²) in [5, 5.41) is 3.24. The summed E-state index contributed by atoms with van der Waals surface area (Å²) >= 11 is 0. The van der Waals surface area contributed by atoms with Gasteiger partial charge in [-0.1, -0.05) is 24.3 Å². The minimum Gasteiger partial charge on any atom is -0.489 e.